The van der Waals surface area contributed by atoms with E-state index in [1.807, 2.05) is 5.57 Å². The molecule has 0 spiro atoms. The summed E-state index contributed by atoms with van der Waals surface area (Å²) in [4.78, 5) is 0. The summed E-state index contributed by atoms with van der Waals surface area (Å²) in [6.07, 6.45) is 15.5. The molecule has 1 N–H and O–H groups in total. The van der Waals surface area contributed by atoms with Crippen LogP contribution in [-0.2, 0) is 0 Å². The van der Waals surface area contributed by atoms with Crippen LogP contribution in [0.25, 0.3) is 0 Å². The molecule has 10 atom stereocenters. The summed E-state index contributed by atoms with van der Waals surface area (Å²) < 4.78 is 0. The minimum absolute atomic E-state index is 0.0798. The van der Waals surface area contributed by atoms with E-state index < -0.39 is 0 Å². The third kappa shape index (κ3) is 3.79. The summed E-state index contributed by atoms with van der Waals surface area (Å²) in [6, 6.07) is 0. The highest BCUT2D eigenvalue weighted by Crippen LogP contribution is 2.67. The molecule has 0 aliphatic heterocycles. The second-order valence-corrected chi connectivity index (χ2v) is 12.8. The van der Waals surface area contributed by atoms with Gasteiger partial charge in [0.15, 0.2) is 0 Å². The molecule has 1 heteroatoms. The first-order valence-electron chi connectivity index (χ1n) is 13.7. The van der Waals surface area contributed by atoms with Gasteiger partial charge >= 0.3 is 0 Å². The molecule has 3 fully saturated rings. The van der Waals surface area contributed by atoms with Crippen LogP contribution in [0.1, 0.15) is 106 Å². The topological polar surface area (TPSA) is 20.2 Å². The number of hydrogen-bond acceptors (Lipinski definition) is 1. The van der Waals surface area contributed by atoms with Crippen LogP contribution in [-0.4, -0.2) is 11.2 Å². The minimum atomic E-state index is -0.0798. The van der Waals surface area contributed by atoms with Gasteiger partial charge in [0.05, 0.1) is 6.10 Å². The summed E-state index contributed by atoms with van der Waals surface area (Å²) in [7, 11) is 0. The summed E-state index contributed by atoms with van der Waals surface area (Å²) >= 11 is 0. The van der Waals surface area contributed by atoms with Gasteiger partial charge < -0.3 is 5.11 Å². The highest BCUT2D eigenvalue weighted by Gasteiger charge is 2.59. The maximum absolute atomic E-state index is 10.5. The Labute approximate surface area is 193 Å². The molecule has 0 radical (unpaired) electrons. The first kappa shape index (κ1) is 23.6. The van der Waals surface area contributed by atoms with E-state index in [9.17, 15) is 5.11 Å². The predicted octanol–water partition coefficient (Wildman–Crippen LogP) is 8.19. The number of rotatable bonds is 6. The van der Waals surface area contributed by atoms with Crippen molar-refractivity contribution in [2.24, 2.45) is 52.3 Å². The first-order valence-corrected chi connectivity index (χ1v) is 13.7. The molecule has 0 amide bonds. The van der Waals surface area contributed by atoms with E-state index in [1.165, 1.54) is 63.4 Å². The fourth-order valence-electron chi connectivity index (χ4n) is 9.07. The monoisotopic (exact) mass is 426 g/mol. The summed E-state index contributed by atoms with van der Waals surface area (Å²) in [6.45, 7) is 19.2. The zero-order valence-electron chi connectivity index (χ0n) is 21.4. The van der Waals surface area contributed by atoms with Gasteiger partial charge in [-0.15, -0.1) is 0 Å². The largest absolute Gasteiger partial charge is 0.393 e. The van der Waals surface area contributed by atoms with Gasteiger partial charge in [0.25, 0.3) is 0 Å². The third-order valence-electron chi connectivity index (χ3n) is 11.6. The van der Waals surface area contributed by atoms with E-state index in [-0.39, 0.29) is 6.10 Å². The van der Waals surface area contributed by atoms with Gasteiger partial charge in [0.1, 0.15) is 0 Å². The Kier molecular flexibility index (Phi) is 6.59. The lowest BCUT2D eigenvalue weighted by atomic mass is 9.46. The zero-order chi connectivity index (χ0) is 22.6. The maximum atomic E-state index is 10.5. The molecule has 0 saturated heterocycles. The van der Waals surface area contributed by atoms with Crippen molar-refractivity contribution in [2.45, 2.75) is 112 Å². The molecule has 1 nitrogen and oxygen atoms in total. The van der Waals surface area contributed by atoms with Gasteiger partial charge in [-0.1, -0.05) is 65.3 Å². The molecule has 3 saturated carbocycles. The standard InChI is InChI=1S/C30H50O/c1-8-19(2)20(3)9-10-21(4)24-13-14-26-23-11-12-25-22(5)28(31)16-18-30(25,7)27(23)15-17-29(24,26)6/h11,19,21-22,24-28,31H,3,8-10,12-18H2,1-2,4-7H3/t19-,21-,22+,24-,25+,26+,27+,28+,29-,30+/m1/s1. The molecule has 0 heterocycles. The SMILES string of the molecule is C=C(CC[C@@H](C)[C@H]1CC[C@H]2C3=CC[C@H]4[C@H](C)[C@@H](O)CC[C@]4(C)[C@H]3CC[C@]12C)[C@H](C)CC. The van der Waals surface area contributed by atoms with Gasteiger partial charge in [0, 0.05) is 0 Å². The highest BCUT2D eigenvalue weighted by atomic mass is 16.3. The van der Waals surface area contributed by atoms with Crippen molar-refractivity contribution >= 4 is 0 Å². The number of hydrogen-bond donors (Lipinski definition) is 1. The number of aliphatic hydroxyl groups is 1. The van der Waals surface area contributed by atoms with Crippen molar-refractivity contribution in [2.75, 3.05) is 0 Å². The van der Waals surface area contributed by atoms with Gasteiger partial charge in [-0.05, 0) is 116 Å². The van der Waals surface area contributed by atoms with Crippen LogP contribution in [0.15, 0.2) is 23.8 Å². The van der Waals surface area contributed by atoms with E-state index in [2.05, 4.69) is 54.2 Å². The van der Waals surface area contributed by atoms with Crippen molar-refractivity contribution in [3.05, 3.63) is 23.8 Å². The maximum Gasteiger partial charge on any atom is 0.0568 e. The molecule has 4 rings (SSSR count). The van der Waals surface area contributed by atoms with Gasteiger partial charge in [0.2, 0.25) is 0 Å². The second-order valence-electron chi connectivity index (χ2n) is 12.8. The second kappa shape index (κ2) is 8.66. The Balaban J connectivity index is 1.50. The molecule has 0 unspecified atom stereocenters. The molecular weight excluding hydrogens is 376 g/mol. The Morgan fingerprint density at radius 3 is 2.48 bits per heavy atom. The summed E-state index contributed by atoms with van der Waals surface area (Å²) in [5, 5.41) is 10.5. The van der Waals surface area contributed by atoms with Gasteiger partial charge in [-0.2, -0.15) is 0 Å². The van der Waals surface area contributed by atoms with Crippen LogP contribution in [0.3, 0.4) is 0 Å². The van der Waals surface area contributed by atoms with Crippen LogP contribution in [0.5, 0.6) is 0 Å². The highest BCUT2D eigenvalue weighted by molar-refractivity contribution is 5.28. The van der Waals surface area contributed by atoms with Crippen LogP contribution in [0, 0.1) is 52.3 Å². The molecule has 31 heavy (non-hydrogen) atoms. The first-order chi connectivity index (χ1) is 14.6. The van der Waals surface area contributed by atoms with Crippen molar-refractivity contribution in [3.8, 4) is 0 Å². The number of aliphatic hydroxyl groups excluding tert-OH is 1. The summed E-state index contributed by atoms with van der Waals surface area (Å²) in [5.41, 5.74) is 4.25. The number of fused-ring (bicyclic) bond motifs is 5. The molecule has 176 valence electrons. The average molecular weight is 427 g/mol. The van der Waals surface area contributed by atoms with Crippen molar-refractivity contribution in [1.82, 2.24) is 0 Å². The Morgan fingerprint density at radius 2 is 1.77 bits per heavy atom. The Morgan fingerprint density at radius 1 is 1.10 bits per heavy atom. The van der Waals surface area contributed by atoms with E-state index in [0.717, 1.165) is 30.1 Å². The molecule has 0 bridgehead atoms. The smallest absolute Gasteiger partial charge is 0.0568 e. The summed E-state index contributed by atoms with van der Waals surface area (Å²) in [5.74, 6) is 5.09. The van der Waals surface area contributed by atoms with Crippen molar-refractivity contribution < 1.29 is 5.11 Å². The lowest BCUT2D eigenvalue weighted by Crippen LogP contribution is -2.52. The molecule has 0 aromatic heterocycles. The fourth-order valence-corrected chi connectivity index (χ4v) is 9.07. The van der Waals surface area contributed by atoms with Gasteiger partial charge in [-0.25, -0.2) is 0 Å². The van der Waals surface area contributed by atoms with E-state index >= 15 is 0 Å². The van der Waals surface area contributed by atoms with Gasteiger partial charge in [-0.3, -0.25) is 0 Å². The van der Waals surface area contributed by atoms with Crippen molar-refractivity contribution in [1.29, 1.82) is 0 Å². The number of allylic oxidation sites excluding steroid dienone is 3. The normalized spacial score (nSPS) is 46.4. The minimum Gasteiger partial charge on any atom is -0.393 e. The molecular formula is C30H50O. The van der Waals surface area contributed by atoms with E-state index in [0.29, 0.717) is 28.6 Å². The van der Waals surface area contributed by atoms with Crippen LogP contribution >= 0.6 is 0 Å². The molecule has 4 aliphatic carbocycles. The van der Waals surface area contributed by atoms with Crippen molar-refractivity contribution in [3.63, 3.8) is 0 Å². The third-order valence-corrected chi connectivity index (χ3v) is 11.6. The van der Waals surface area contributed by atoms with Crippen LogP contribution in [0.2, 0.25) is 0 Å². The lowest BCUT2D eigenvalue weighted by Gasteiger charge is -2.59. The predicted molar refractivity (Wildman–Crippen MR) is 133 cm³/mol. The molecule has 4 aliphatic rings. The molecule has 0 aromatic rings. The van der Waals surface area contributed by atoms with E-state index in [1.54, 1.807) is 0 Å². The fraction of sp³-hybridized carbons (Fsp3) is 0.867. The van der Waals surface area contributed by atoms with E-state index in [4.69, 9.17) is 0 Å². The Hall–Kier alpha value is -0.560. The van der Waals surface area contributed by atoms with Crippen LogP contribution in [0.4, 0.5) is 0 Å². The average Bonchev–Trinajstić information content (AvgIpc) is 3.11. The molecule has 0 aromatic carbocycles. The Bertz CT molecular complexity index is 705. The quantitative estimate of drug-likeness (QED) is 0.424. The zero-order valence-corrected chi connectivity index (χ0v) is 21.4. The van der Waals surface area contributed by atoms with Crippen LogP contribution < -0.4 is 0 Å². The lowest BCUT2D eigenvalue weighted by molar-refractivity contribution is -0.0773.